The average molecular weight is 1670 g/mol. The third-order valence-corrected chi connectivity index (χ3v) is 22.2. The van der Waals surface area contributed by atoms with E-state index in [1.54, 1.807) is 19.9 Å². The molecule has 2 saturated carbocycles. The van der Waals surface area contributed by atoms with Crippen LogP contribution >= 0.6 is 45.3 Å². The zero-order valence-electron chi connectivity index (χ0n) is 62.4. The number of phenolic OH excluding ortho intramolecular Hbond substituents is 1. The van der Waals surface area contributed by atoms with E-state index in [2.05, 4.69) is 49.5 Å². The molecule has 2 aliphatic carbocycles. The predicted octanol–water partition coefficient (Wildman–Crippen LogP) is 4.95. The third-order valence-electron chi connectivity index (χ3n) is 21.5. The number of hydrogen-bond acceptors (Lipinski definition) is 27. The Morgan fingerprint density at radius 2 is 0.972 bits per heavy atom. The van der Waals surface area contributed by atoms with Crippen molar-refractivity contribution in [1.29, 1.82) is 0 Å². The monoisotopic (exact) mass is 1670 g/mol. The van der Waals surface area contributed by atoms with Crippen LogP contribution in [-0.4, -0.2) is 241 Å². The number of alkyl halides is 1. The summed E-state index contributed by atoms with van der Waals surface area (Å²) < 4.78 is 58.4. The first kappa shape index (κ1) is 97.0. The predicted molar refractivity (Wildman–Crippen MR) is 402 cm³/mol. The Morgan fingerprint density at radius 3 is 1.42 bits per heavy atom. The number of phenols is 1. The quantitative estimate of drug-likeness (QED) is 0.0358. The molecule has 108 heavy (non-hydrogen) atoms. The van der Waals surface area contributed by atoms with Crippen molar-refractivity contribution in [1.82, 2.24) is 19.8 Å². The van der Waals surface area contributed by atoms with Gasteiger partial charge in [-0.05, 0) is 110 Å². The third kappa shape index (κ3) is 22.6. The molecule has 4 unspecified atom stereocenters. The van der Waals surface area contributed by atoms with E-state index in [-0.39, 0.29) is 87.7 Å². The largest absolute Gasteiger partial charge is 1.00 e. The van der Waals surface area contributed by atoms with Gasteiger partial charge in [0.25, 0.3) is 0 Å². The number of aromatic nitrogens is 2. The standard InChI is InChI=1S/C25H34N2O6.C19H24N2O.C15H22O9.C13H19BrO7.CH4O.2CH4.BrH.ClH.Li.H2O/c1-2-13-7-12-8-17-20-15(5-6-27(10-12)21(13)17)16-9-14(3-4-18(16)26-20)32-25-24(31)23(30)22(29)19(11-28)33-25;1-2-12-7-11-8-16-18-14(5-6-21(10-11)19(12)16)15-9-13(22)3-4-17(15)20-18;1-7-12(6-20-8(2)16)24-15(23-11(5)19)14(22-10(4)18)13(7)21-9(3)17;1-6-10(5-18-7(2)15)21-13(14)12(20-9(4)17)11(6)19-8(3)16;1-2;;;;;;/h3-4,9,12-13,17,19,21-26,28-31H,2,5-8,10-11H2,1H3;3-4,9,11-12,16,19-20,22H,2,5-8,10H2,1H3;7,12-15H,6H2,1-5H3;6,10-13H,5H2,1-4H3;2H,1H3;2*1H4;2*1H;;1H2/q;;;;;;;;;+1;/p-1/t12-,13-,17-,19+,21?,22+,23-,24+,25-;11-,12-,16-,19?;7-,12-,13+,14-,15+;6-,10-,11+,12-,13+;;;;;;;/m0011......./s1. The summed E-state index contributed by atoms with van der Waals surface area (Å²) in [6.07, 6.45) is -2.36. The average Bonchev–Trinajstić information content (AvgIpc) is 1.57. The van der Waals surface area contributed by atoms with Gasteiger partial charge in [0.1, 0.15) is 67.4 Å². The molecule has 7 saturated heterocycles. The topological polar surface area (TPSA) is 410 Å². The van der Waals surface area contributed by atoms with Crippen molar-refractivity contribution >= 4 is 109 Å². The van der Waals surface area contributed by atoms with Crippen molar-refractivity contribution in [3.05, 3.63) is 58.9 Å². The number of benzene rings is 2. The van der Waals surface area contributed by atoms with Gasteiger partial charge in [0.05, 0.1) is 12.7 Å². The summed E-state index contributed by atoms with van der Waals surface area (Å²) in [5.74, 6) is 0.774. The maximum absolute atomic E-state index is 11.4. The Kier molecular flexibility index (Phi) is 38.8. The van der Waals surface area contributed by atoms with Gasteiger partial charge in [-0.25, -0.2) is 0 Å². The number of aliphatic hydroxyl groups excluding tert-OH is 5. The van der Waals surface area contributed by atoms with Crippen LogP contribution in [0.25, 0.3) is 21.8 Å². The van der Waals surface area contributed by atoms with E-state index in [9.17, 15) is 59.1 Å². The number of aromatic hydroxyl groups is 1. The second-order valence-electron chi connectivity index (χ2n) is 28.3. The molecular formula is C75H114Br2ClLiN4O25. The van der Waals surface area contributed by atoms with Crippen molar-refractivity contribution < 1.29 is 141 Å². The van der Waals surface area contributed by atoms with Crippen LogP contribution in [-0.2, 0) is 93.8 Å². The molecule has 15 rings (SSSR count). The summed E-state index contributed by atoms with van der Waals surface area (Å²) in [6, 6.07) is 12.9. The SMILES string of the molecule is Br.C.C.CC(=O)OC[C@H]1O[C@H](Br)[C@H](OC(C)=O)[C@@H](OC(C)=O)[C@@H]1C.CC(=O)OC[C@H]1O[C@H](OC(C)=O)[C@H](OC(C)=O)[C@@H](OC(C)=O)[C@@H]1C.CC[C@H]1C[C@H]2C[C@H]3c4[nH]c5ccc(O)cc5c4CCN(C2)C13.CC[C@H]1C[C@H]2C[C@H]3c4[nH]c5ccc(O[C@H]6O[C@H](CO)[C@@H](O)[C@H](O)[C@H]6O)cc5c4CCN(C2)C13.CO.Cl.[Li+].[OH-]. The Morgan fingerprint density at radius 1 is 0.556 bits per heavy atom. The van der Waals surface area contributed by atoms with Crippen molar-refractivity contribution in [2.75, 3.05) is 53.1 Å². The number of hydrogen-bond donors (Lipinski definition) is 8. The van der Waals surface area contributed by atoms with Crippen LogP contribution in [0.15, 0.2) is 36.4 Å². The maximum atomic E-state index is 11.4. The van der Waals surface area contributed by atoms with Crippen LogP contribution in [0.3, 0.4) is 0 Å². The summed E-state index contributed by atoms with van der Waals surface area (Å²) in [6.45, 7) is 21.0. The Bertz CT molecular complexity index is 3590. The molecule has 9 aliphatic heterocycles. The minimum atomic E-state index is -1.46. The van der Waals surface area contributed by atoms with E-state index < -0.39 is 133 Å². The number of piperidine rings is 4. The molecule has 0 radical (unpaired) electrons. The fourth-order valence-corrected chi connectivity index (χ4v) is 17.9. The number of nitrogens with zero attached hydrogens (tertiary/aromatic N) is 2. The Labute approximate surface area is 669 Å². The van der Waals surface area contributed by atoms with E-state index >= 15 is 0 Å². The molecular weight excluding hydrogens is 1560 g/mol. The van der Waals surface area contributed by atoms with E-state index in [1.165, 1.54) is 133 Å². The molecule has 2 aromatic heterocycles. The van der Waals surface area contributed by atoms with Crippen LogP contribution in [0.2, 0.25) is 0 Å². The van der Waals surface area contributed by atoms with E-state index in [1.807, 2.05) is 30.3 Å². The first-order valence-electron chi connectivity index (χ1n) is 35.5. The normalized spacial score (nSPS) is 33.1. The van der Waals surface area contributed by atoms with Gasteiger partial charge in [-0.15, -0.1) is 29.4 Å². The maximum Gasteiger partial charge on any atom is 1.00 e. The summed E-state index contributed by atoms with van der Waals surface area (Å²) in [4.78, 5) is 91.4. The molecule has 25 atom stereocenters. The van der Waals surface area contributed by atoms with Gasteiger partial charge in [-0.3, -0.25) is 43.4 Å². The van der Waals surface area contributed by atoms with Gasteiger partial charge >= 0.3 is 60.6 Å². The molecule has 11 heterocycles. The number of carbonyl (C=O) groups is 7. The Hall–Kier alpha value is -5.18. The fourth-order valence-electron chi connectivity index (χ4n) is 17.2. The van der Waals surface area contributed by atoms with Crippen LogP contribution in [0.4, 0.5) is 0 Å². The molecule has 9 fully saturated rings. The molecule has 9 N–H and O–H groups in total. The first-order chi connectivity index (χ1) is 48.5. The number of aliphatic hydroxyl groups is 5. The summed E-state index contributed by atoms with van der Waals surface area (Å²) in [7, 11) is 1.00. The summed E-state index contributed by atoms with van der Waals surface area (Å²) in [5.41, 5.74) is 7.98. The van der Waals surface area contributed by atoms with Crippen molar-refractivity contribution in [2.45, 2.75) is 245 Å². The molecule has 33 heteroatoms. The summed E-state index contributed by atoms with van der Waals surface area (Å²) >= 11 is 3.26. The zero-order chi connectivity index (χ0) is 74.3. The van der Waals surface area contributed by atoms with Gasteiger partial charge < -0.3 is 98.2 Å². The van der Waals surface area contributed by atoms with E-state index in [0.717, 1.165) is 74.0 Å². The second kappa shape index (κ2) is 43.2. The molecule has 11 aliphatic rings. The van der Waals surface area contributed by atoms with E-state index in [4.69, 9.17) is 57.2 Å². The number of carbonyl (C=O) groups excluding carboxylic acids is 7. The number of esters is 7. The van der Waals surface area contributed by atoms with Crippen molar-refractivity contribution in [3.8, 4) is 11.5 Å². The van der Waals surface area contributed by atoms with Gasteiger partial charge in [0.2, 0.25) is 18.7 Å². The minimum absolute atomic E-state index is 0. The first-order valence-corrected chi connectivity index (χ1v) is 36.4. The van der Waals surface area contributed by atoms with Gasteiger partial charge in [0.15, 0.2) is 11.1 Å². The number of rotatable bonds is 14. The molecule has 8 bridgehead atoms. The number of aromatic amines is 2. The van der Waals surface area contributed by atoms with Crippen molar-refractivity contribution in [3.63, 3.8) is 0 Å². The number of nitrogens with one attached hydrogen (secondary N) is 2. The molecule has 0 spiro atoms. The molecule has 4 aromatic rings. The fraction of sp³-hybridized carbons (Fsp3) is 0.693. The zero-order valence-corrected chi connectivity index (χ0v) is 66.5. The number of H-pyrrole nitrogens is 2. The van der Waals surface area contributed by atoms with E-state index in [0.29, 0.717) is 29.4 Å². The molecule has 606 valence electrons. The van der Waals surface area contributed by atoms with Gasteiger partial charge in [-0.2, -0.15) is 0 Å². The second-order valence-corrected chi connectivity index (χ2v) is 29.2. The van der Waals surface area contributed by atoms with Crippen LogP contribution < -0.4 is 23.6 Å². The van der Waals surface area contributed by atoms with Crippen molar-refractivity contribution in [2.24, 2.45) is 35.5 Å². The van der Waals surface area contributed by atoms with Gasteiger partial charge in [-0.1, -0.05) is 71.3 Å². The van der Waals surface area contributed by atoms with Crippen LogP contribution in [0.5, 0.6) is 11.5 Å². The summed E-state index contributed by atoms with van der Waals surface area (Å²) in [5, 5.41) is 58.4. The minimum Gasteiger partial charge on any atom is -0.870 e. The number of fused-ring (bicyclic) bond motifs is 8. The molecule has 2 aromatic carbocycles. The molecule has 0 amide bonds. The molecule has 29 nitrogen and oxygen atoms in total. The van der Waals surface area contributed by atoms with Crippen LogP contribution in [0, 0.1) is 35.5 Å². The Balaban J connectivity index is 0.000000370. The van der Waals surface area contributed by atoms with Gasteiger partial charge in [0, 0.05) is 151 Å². The number of halogens is 3. The number of ether oxygens (including phenoxy) is 11. The smallest absolute Gasteiger partial charge is 0.870 e. The van der Waals surface area contributed by atoms with Crippen LogP contribution in [0.1, 0.15) is 164 Å².